The van der Waals surface area contributed by atoms with E-state index in [0.29, 0.717) is 13.2 Å². The third kappa shape index (κ3) is 3.50. The molecule has 0 spiro atoms. The van der Waals surface area contributed by atoms with Gasteiger partial charge in [-0.2, -0.15) is 0 Å². The normalized spacial score (nSPS) is 13.7. The second kappa shape index (κ2) is 6.24. The van der Waals surface area contributed by atoms with E-state index in [1.165, 1.54) is 11.3 Å². The Balaban J connectivity index is 1.80. The molecule has 1 aromatic heterocycles. The summed E-state index contributed by atoms with van der Waals surface area (Å²) in [5.74, 6) is 1.52. The van der Waals surface area contributed by atoms with Gasteiger partial charge in [0.1, 0.15) is 13.2 Å². The first-order valence-corrected chi connectivity index (χ1v) is 8.62. The van der Waals surface area contributed by atoms with Crippen LogP contribution in [0.3, 0.4) is 0 Å². The van der Waals surface area contributed by atoms with Crippen LogP contribution in [0.1, 0.15) is 36.9 Å². The Bertz CT molecular complexity index is 721. The van der Waals surface area contributed by atoms with Crippen molar-refractivity contribution in [1.82, 2.24) is 5.32 Å². The Morgan fingerprint density at radius 3 is 2.65 bits per heavy atom. The van der Waals surface area contributed by atoms with Gasteiger partial charge in [0.15, 0.2) is 11.5 Å². The van der Waals surface area contributed by atoms with Gasteiger partial charge in [-0.25, -0.2) is 0 Å². The predicted octanol–water partition coefficient (Wildman–Crippen LogP) is 4.10. The molecule has 5 heteroatoms. The Labute approximate surface area is 140 Å². The molecule has 0 saturated carbocycles. The molecular weight excluding hydrogens is 310 g/mol. The van der Waals surface area contributed by atoms with Gasteiger partial charge in [-0.3, -0.25) is 4.79 Å². The molecule has 2 aromatic rings. The number of ether oxygens (including phenoxy) is 2. The van der Waals surface area contributed by atoms with Crippen LogP contribution in [0.25, 0.3) is 10.4 Å². The van der Waals surface area contributed by atoms with Crippen LogP contribution < -0.4 is 14.8 Å². The zero-order valence-corrected chi connectivity index (χ0v) is 14.5. The second-order valence-corrected chi connectivity index (χ2v) is 7.30. The number of benzene rings is 1. The molecule has 0 radical (unpaired) electrons. The van der Waals surface area contributed by atoms with Crippen LogP contribution in [0.5, 0.6) is 11.5 Å². The molecule has 1 aromatic carbocycles. The van der Waals surface area contributed by atoms with Crippen molar-refractivity contribution in [1.29, 1.82) is 0 Å². The zero-order valence-electron chi connectivity index (χ0n) is 13.6. The Morgan fingerprint density at radius 2 is 1.91 bits per heavy atom. The zero-order chi connectivity index (χ0) is 16.4. The number of hydrogen-bond donors (Lipinski definition) is 1. The highest BCUT2D eigenvalue weighted by Crippen LogP contribution is 2.36. The minimum Gasteiger partial charge on any atom is -0.486 e. The fourth-order valence-corrected chi connectivity index (χ4v) is 3.17. The van der Waals surface area contributed by atoms with Crippen molar-refractivity contribution >= 4 is 17.2 Å². The average Bonchev–Trinajstić information content (AvgIpc) is 3.04. The van der Waals surface area contributed by atoms with Gasteiger partial charge in [0, 0.05) is 10.4 Å². The number of nitrogens with one attached hydrogen (secondary N) is 1. The van der Waals surface area contributed by atoms with E-state index in [9.17, 15) is 4.79 Å². The van der Waals surface area contributed by atoms with E-state index in [-0.39, 0.29) is 11.4 Å². The lowest BCUT2D eigenvalue weighted by Crippen LogP contribution is -2.42. The van der Waals surface area contributed by atoms with Crippen LogP contribution in [0.15, 0.2) is 30.3 Å². The summed E-state index contributed by atoms with van der Waals surface area (Å²) >= 11 is 1.49. The van der Waals surface area contributed by atoms with E-state index in [0.717, 1.165) is 33.2 Å². The number of amides is 1. The summed E-state index contributed by atoms with van der Waals surface area (Å²) in [6, 6.07) is 9.74. The maximum Gasteiger partial charge on any atom is 0.261 e. The van der Waals surface area contributed by atoms with Crippen molar-refractivity contribution in [3.63, 3.8) is 0 Å². The molecular formula is C18H21NO3S. The van der Waals surface area contributed by atoms with Gasteiger partial charge >= 0.3 is 0 Å². The second-order valence-electron chi connectivity index (χ2n) is 6.21. The van der Waals surface area contributed by atoms with Crippen molar-refractivity contribution in [2.45, 2.75) is 32.7 Å². The lowest BCUT2D eigenvalue weighted by atomic mass is 10.0. The number of thiophene rings is 1. The SMILES string of the molecule is CCC(C)(C)NC(=O)c1ccc(-c2ccc3c(c2)OCCO3)s1. The molecule has 0 atom stereocenters. The van der Waals surface area contributed by atoms with Crippen LogP contribution in [-0.4, -0.2) is 24.7 Å². The lowest BCUT2D eigenvalue weighted by molar-refractivity contribution is 0.0915. The molecule has 23 heavy (non-hydrogen) atoms. The third-order valence-electron chi connectivity index (χ3n) is 3.99. The highest BCUT2D eigenvalue weighted by Gasteiger charge is 2.20. The number of carbonyl (C=O) groups excluding carboxylic acids is 1. The molecule has 3 rings (SSSR count). The number of hydrogen-bond acceptors (Lipinski definition) is 4. The molecule has 1 amide bonds. The molecule has 0 saturated heterocycles. The van der Waals surface area contributed by atoms with Gasteiger partial charge in [0.05, 0.1) is 4.88 Å². The van der Waals surface area contributed by atoms with E-state index in [1.54, 1.807) is 0 Å². The van der Waals surface area contributed by atoms with Crippen molar-refractivity contribution in [3.8, 4) is 21.9 Å². The monoisotopic (exact) mass is 331 g/mol. The van der Waals surface area contributed by atoms with Gasteiger partial charge in [0.25, 0.3) is 5.91 Å². The first kappa shape index (κ1) is 15.9. The van der Waals surface area contributed by atoms with Gasteiger partial charge in [-0.1, -0.05) is 6.92 Å². The first-order valence-electron chi connectivity index (χ1n) is 7.81. The van der Waals surface area contributed by atoms with Crippen molar-refractivity contribution in [2.24, 2.45) is 0 Å². The van der Waals surface area contributed by atoms with Crippen molar-refractivity contribution in [3.05, 3.63) is 35.2 Å². The Morgan fingerprint density at radius 1 is 1.17 bits per heavy atom. The predicted molar refractivity (Wildman–Crippen MR) is 92.6 cm³/mol. The van der Waals surface area contributed by atoms with Crippen molar-refractivity contribution in [2.75, 3.05) is 13.2 Å². The number of fused-ring (bicyclic) bond motifs is 1. The van der Waals surface area contributed by atoms with Crippen LogP contribution in [-0.2, 0) is 0 Å². The fraction of sp³-hybridized carbons (Fsp3) is 0.389. The number of rotatable bonds is 4. The molecule has 122 valence electrons. The molecule has 0 bridgehead atoms. The molecule has 4 nitrogen and oxygen atoms in total. The minimum atomic E-state index is -0.196. The quantitative estimate of drug-likeness (QED) is 0.917. The van der Waals surface area contributed by atoms with Crippen LogP contribution in [0.2, 0.25) is 0 Å². The van der Waals surface area contributed by atoms with Crippen molar-refractivity contribution < 1.29 is 14.3 Å². The summed E-state index contributed by atoms with van der Waals surface area (Å²) in [5.41, 5.74) is 0.839. The largest absolute Gasteiger partial charge is 0.486 e. The molecule has 0 aliphatic carbocycles. The maximum atomic E-state index is 12.4. The van der Waals surface area contributed by atoms with E-state index in [1.807, 2.05) is 44.2 Å². The highest BCUT2D eigenvalue weighted by molar-refractivity contribution is 7.17. The van der Waals surface area contributed by atoms with E-state index < -0.39 is 0 Å². The van der Waals surface area contributed by atoms with Gasteiger partial charge in [0.2, 0.25) is 0 Å². The summed E-state index contributed by atoms with van der Waals surface area (Å²) in [4.78, 5) is 14.1. The topological polar surface area (TPSA) is 47.6 Å². The van der Waals surface area contributed by atoms with Gasteiger partial charge in [-0.15, -0.1) is 11.3 Å². The Kier molecular flexibility index (Phi) is 4.31. The summed E-state index contributed by atoms with van der Waals surface area (Å²) in [6.45, 7) is 7.28. The summed E-state index contributed by atoms with van der Waals surface area (Å²) in [6.07, 6.45) is 0.888. The van der Waals surface area contributed by atoms with Gasteiger partial charge in [-0.05, 0) is 56.2 Å². The fourth-order valence-electron chi connectivity index (χ4n) is 2.27. The first-order chi connectivity index (χ1) is 11.0. The van der Waals surface area contributed by atoms with Crippen LogP contribution in [0, 0.1) is 0 Å². The smallest absolute Gasteiger partial charge is 0.261 e. The highest BCUT2D eigenvalue weighted by atomic mass is 32.1. The standard InChI is InChI=1S/C18H21NO3S/c1-4-18(2,3)19-17(20)16-8-7-15(23-16)12-5-6-13-14(11-12)22-10-9-21-13/h5-8,11H,4,9-10H2,1-3H3,(H,19,20). The molecule has 1 N–H and O–H groups in total. The molecule has 1 aliphatic rings. The summed E-state index contributed by atoms with van der Waals surface area (Å²) in [7, 11) is 0. The molecule has 1 aliphatic heterocycles. The van der Waals surface area contributed by atoms with Gasteiger partial charge < -0.3 is 14.8 Å². The maximum absolute atomic E-state index is 12.4. The molecule has 0 fully saturated rings. The summed E-state index contributed by atoms with van der Waals surface area (Å²) < 4.78 is 11.2. The lowest BCUT2D eigenvalue weighted by Gasteiger charge is -2.23. The van der Waals surface area contributed by atoms with Crippen LogP contribution in [0.4, 0.5) is 0 Å². The van der Waals surface area contributed by atoms with Crippen LogP contribution >= 0.6 is 11.3 Å². The molecule has 0 unspecified atom stereocenters. The minimum absolute atomic E-state index is 0.0226. The molecule has 2 heterocycles. The van der Waals surface area contributed by atoms with E-state index in [2.05, 4.69) is 12.2 Å². The third-order valence-corrected chi connectivity index (χ3v) is 5.13. The van der Waals surface area contributed by atoms with E-state index >= 15 is 0 Å². The summed E-state index contributed by atoms with van der Waals surface area (Å²) in [5, 5.41) is 3.06. The Hall–Kier alpha value is -2.01. The van der Waals surface area contributed by atoms with E-state index in [4.69, 9.17) is 9.47 Å². The number of carbonyl (C=O) groups is 1. The average molecular weight is 331 g/mol.